The SMILES string of the molecule is CCNC(=NCc1cc(Cl)c(OCC)c(OC)c1)N1CCN(C(C)=O)CC1. The number of ether oxygens (including phenoxy) is 2. The number of rotatable bonds is 6. The van der Waals surface area contributed by atoms with Crippen LogP contribution in [-0.4, -0.2) is 68.1 Å². The van der Waals surface area contributed by atoms with Gasteiger partial charge in [0.15, 0.2) is 17.5 Å². The van der Waals surface area contributed by atoms with E-state index in [-0.39, 0.29) is 5.91 Å². The van der Waals surface area contributed by atoms with Crippen LogP contribution in [0.25, 0.3) is 0 Å². The van der Waals surface area contributed by atoms with Gasteiger partial charge in [0.2, 0.25) is 5.91 Å². The van der Waals surface area contributed by atoms with E-state index in [0.29, 0.717) is 42.8 Å². The first-order chi connectivity index (χ1) is 13.0. The molecule has 0 aliphatic carbocycles. The predicted molar refractivity (Wildman–Crippen MR) is 108 cm³/mol. The molecule has 0 atom stereocenters. The summed E-state index contributed by atoms with van der Waals surface area (Å²) in [7, 11) is 1.60. The van der Waals surface area contributed by atoms with Gasteiger partial charge < -0.3 is 24.6 Å². The van der Waals surface area contributed by atoms with Gasteiger partial charge in [-0.05, 0) is 31.5 Å². The summed E-state index contributed by atoms with van der Waals surface area (Å²) in [6.07, 6.45) is 0. The minimum absolute atomic E-state index is 0.118. The third kappa shape index (κ3) is 5.66. The number of hydrogen-bond donors (Lipinski definition) is 1. The van der Waals surface area contributed by atoms with E-state index in [1.165, 1.54) is 0 Å². The molecule has 0 radical (unpaired) electrons. The summed E-state index contributed by atoms with van der Waals surface area (Å²) in [4.78, 5) is 20.3. The van der Waals surface area contributed by atoms with Gasteiger partial charge in [-0.3, -0.25) is 4.79 Å². The number of guanidine groups is 1. The van der Waals surface area contributed by atoms with Crippen molar-refractivity contribution in [3.8, 4) is 11.5 Å². The molecule has 0 bridgehead atoms. The van der Waals surface area contributed by atoms with E-state index in [2.05, 4.69) is 10.2 Å². The number of nitrogens with one attached hydrogen (secondary N) is 1. The van der Waals surface area contributed by atoms with Crippen LogP contribution in [0.1, 0.15) is 26.3 Å². The number of piperazine rings is 1. The molecule has 0 saturated carbocycles. The highest BCUT2D eigenvalue weighted by molar-refractivity contribution is 6.32. The molecule has 0 spiro atoms. The normalized spacial score (nSPS) is 14.9. The Labute approximate surface area is 166 Å². The van der Waals surface area contributed by atoms with E-state index >= 15 is 0 Å². The average Bonchev–Trinajstić information content (AvgIpc) is 2.67. The highest BCUT2D eigenvalue weighted by Gasteiger charge is 2.21. The first-order valence-corrected chi connectivity index (χ1v) is 9.65. The van der Waals surface area contributed by atoms with Crippen LogP contribution in [0.3, 0.4) is 0 Å². The number of halogens is 1. The molecule has 2 rings (SSSR count). The van der Waals surface area contributed by atoms with E-state index in [1.807, 2.05) is 30.9 Å². The summed E-state index contributed by atoms with van der Waals surface area (Å²) < 4.78 is 11.0. The Morgan fingerprint density at radius 2 is 1.89 bits per heavy atom. The van der Waals surface area contributed by atoms with E-state index in [1.54, 1.807) is 14.0 Å². The largest absolute Gasteiger partial charge is 0.493 e. The van der Waals surface area contributed by atoms with Gasteiger partial charge in [-0.25, -0.2) is 4.99 Å². The number of hydrogen-bond acceptors (Lipinski definition) is 4. The first kappa shape index (κ1) is 21.2. The van der Waals surface area contributed by atoms with Gasteiger partial charge in [0.25, 0.3) is 0 Å². The molecule has 150 valence electrons. The van der Waals surface area contributed by atoms with Crippen molar-refractivity contribution in [3.63, 3.8) is 0 Å². The maximum absolute atomic E-state index is 11.5. The lowest BCUT2D eigenvalue weighted by atomic mass is 10.2. The van der Waals surface area contributed by atoms with Crippen molar-refractivity contribution in [1.82, 2.24) is 15.1 Å². The topological polar surface area (TPSA) is 66.4 Å². The Balaban J connectivity index is 2.13. The number of amides is 1. The third-order valence-corrected chi connectivity index (χ3v) is 4.63. The van der Waals surface area contributed by atoms with Gasteiger partial charge in [0.05, 0.1) is 25.3 Å². The molecule has 1 N–H and O–H groups in total. The van der Waals surface area contributed by atoms with Crippen molar-refractivity contribution in [3.05, 3.63) is 22.7 Å². The molecule has 7 nitrogen and oxygen atoms in total. The summed E-state index contributed by atoms with van der Waals surface area (Å²) in [6.45, 7) is 10.3. The average molecular weight is 397 g/mol. The fraction of sp³-hybridized carbons (Fsp3) is 0.579. The van der Waals surface area contributed by atoms with Crippen molar-refractivity contribution in [2.75, 3.05) is 46.4 Å². The summed E-state index contributed by atoms with van der Waals surface area (Å²) in [5.41, 5.74) is 0.943. The van der Waals surface area contributed by atoms with Gasteiger partial charge in [-0.15, -0.1) is 0 Å². The molecule has 1 fully saturated rings. The van der Waals surface area contributed by atoms with E-state index in [0.717, 1.165) is 31.2 Å². The van der Waals surface area contributed by atoms with Crippen LogP contribution in [-0.2, 0) is 11.3 Å². The van der Waals surface area contributed by atoms with Gasteiger partial charge in [0, 0.05) is 39.6 Å². The lowest BCUT2D eigenvalue weighted by molar-refractivity contribution is -0.130. The molecule has 1 heterocycles. The van der Waals surface area contributed by atoms with Crippen molar-refractivity contribution >= 4 is 23.5 Å². The number of carbonyl (C=O) groups excluding carboxylic acids is 1. The minimum Gasteiger partial charge on any atom is -0.493 e. The van der Waals surface area contributed by atoms with Crippen LogP contribution >= 0.6 is 11.6 Å². The summed E-state index contributed by atoms with van der Waals surface area (Å²) in [6, 6.07) is 3.76. The van der Waals surface area contributed by atoms with E-state index < -0.39 is 0 Å². The Bertz CT molecular complexity index is 673. The van der Waals surface area contributed by atoms with Crippen LogP contribution in [0, 0.1) is 0 Å². The molecule has 1 amide bonds. The molecule has 8 heteroatoms. The lowest BCUT2D eigenvalue weighted by Gasteiger charge is -2.36. The summed E-state index contributed by atoms with van der Waals surface area (Å²) >= 11 is 6.35. The smallest absolute Gasteiger partial charge is 0.219 e. The predicted octanol–water partition coefficient (Wildman–Crippen LogP) is 2.38. The Morgan fingerprint density at radius 1 is 1.22 bits per heavy atom. The fourth-order valence-electron chi connectivity index (χ4n) is 2.97. The molecule has 27 heavy (non-hydrogen) atoms. The Kier molecular flexibility index (Phi) is 8.03. The standard InChI is InChI=1S/C19H29ClN4O3/c1-5-21-19(24-9-7-23(8-10-24)14(3)25)22-13-15-11-16(20)18(27-6-2)17(12-15)26-4/h11-12H,5-10,13H2,1-4H3,(H,21,22). The second-order valence-corrected chi connectivity index (χ2v) is 6.61. The molecule has 1 aliphatic rings. The van der Waals surface area contributed by atoms with Gasteiger partial charge in [-0.1, -0.05) is 11.6 Å². The maximum Gasteiger partial charge on any atom is 0.219 e. The molecule has 1 aromatic rings. The molecule has 0 unspecified atom stereocenters. The molecular weight excluding hydrogens is 368 g/mol. The number of benzene rings is 1. The Morgan fingerprint density at radius 3 is 2.44 bits per heavy atom. The highest BCUT2D eigenvalue weighted by atomic mass is 35.5. The fourth-order valence-corrected chi connectivity index (χ4v) is 3.26. The van der Waals surface area contributed by atoms with Gasteiger partial charge >= 0.3 is 0 Å². The second-order valence-electron chi connectivity index (χ2n) is 6.21. The zero-order chi connectivity index (χ0) is 19.8. The Hall–Kier alpha value is -2.15. The number of carbonyl (C=O) groups is 1. The highest BCUT2D eigenvalue weighted by Crippen LogP contribution is 2.36. The molecular formula is C19H29ClN4O3. The number of nitrogens with zero attached hydrogens (tertiary/aromatic N) is 3. The van der Waals surface area contributed by atoms with Crippen molar-refractivity contribution in [2.45, 2.75) is 27.3 Å². The number of methoxy groups -OCH3 is 1. The third-order valence-electron chi connectivity index (χ3n) is 4.35. The quantitative estimate of drug-likeness (QED) is 0.590. The van der Waals surface area contributed by atoms with Crippen LogP contribution in [0.2, 0.25) is 5.02 Å². The molecule has 0 aromatic heterocycles. The van der Waals surface area contributed by atoms with E-state index in [9.17, 15) is 4.79 Å². The van der Waals surface area contributed by atoms with Crippen LogP contribution in [0.4, 0.5) is 0 Å². The molecule has 1 aliphatic heterocycles. The van der Waals surface area contributed by atoms with Crippen LogP contribution in [0.5, 0.6) is 11.5 Å². The van der Waals surface area contributed by atoms with Crippen molar-refractivity contribution in [2.24, 2.45) is 4.99 Å². The zero-order valence-electron chi connectivity index (χ0n) is 16.5. The molecule has 1 aromatic carbocycles. The summed E-state index contributed by atoms with van der Waals surface area (Å²) in [5.74, 6) is 2.12. The van der Waals surface area contributed by atoms with E-state index in [4.69, 9.17) is 26.1 Å². The van der Waals surface area contributed by atoms with Gasteiger partial charge in [0.1, 0.15) is 0 Å². The lowest BCUT2D eigenvalue weighted by Crippen LogP contribution is -2.53. The van der Waals surface area contributed by atoms with Crippen molar-refractivity contribution < 1.29 is 14.3 Å². The zero-order valence-corrected chi connectivity index (χ0v) is 17.3. The second kappa shape index (κ2) is 10.3. The summed E-state index contributed by atoms with van der Waals surface area (Å²) in [5, 5.41) is 3.84. The minimum atomic E-state index is 0.118. The first-order valence-electron chi connectivity index (χ1n) is 9.28. The monoisotopic (exact) mass is 396 g/mol. The van der Waals surface area contributed by atoms with Crippen LogP contribution in [0.15, 0.2) is 17.1 Å². The number of aliphatic imine (C=N–C) groups is 1. The molecule has 1 saturated heterocycles. The maximum atomic E-state index is 11.5. The van der Waals surface area contributed by atoms with Crippen molar-refractivity contribution in [1.29, 1.82) is 0 Å². The van der Waals surface area contributed by atoms with Gasteiger partial charge in [-0.2, -0.15) is 0 Å². The van der Waals surface area contributed by atoms with Crippen LogP contribution < -0.4 is 14.8 Å².